The second-order valence-corrected chi connectivity index (χ2v) is 4.17. The number of rotatable bonds is 3. The third kappa shape index (κ3) is 2.49. The first kappa shape index (κ1) is 9.99. The Morgan fingerprint density at radius 3 is 2.86 bits per heavy atom. The van der Waals surface area contributed by atoms with Crippen LogP contribution in [0.4, 0.5) is 4.39 Å². The van der Waals surface area contributed by atoms with Crippen LogP contribution in [0.5, 0.6) is 0 Å². The highest BCUT2D eigenvalue weighted by Crippen LogP contribution is 2.24. The molecular formula is C10H13ClFNO. The number of allylic oxidation sites excluding steroid dienone is 4. The lowest BCUT2D eigenvalue weighted by molar-refractivity contribution is 0.0379. The Kier molecular flexibility index (Phi) is 3.08. The van der Waals surface area contributed by atoms with Crippen LogP contribution in [0.25, 0.3) is 0 Å². The first-order valence-corrected chi connectivity index (χ1v) is 5.26. The second-order valence-electron chi connectivity index (χ2n) is 3.73. The molecule has 2 aliphatic rings. The van der Waals surface area contributed by atoms with Gasteiger partial charge in [0.05, 0.1) is 0 Å². The molecule has 2 nitrogen and oxygen atoms in total. The van der Waals surface area contributed by atoms with Crippen LogP contribution in [0.15, 0.2) is 22.9 Å². The molecule has 14 heavy (non-hydrogen) atoms. The molecule has 0 spiro atoms. The van der Waals surface area contributed by atoms with Crippen molar-refractivity contribution in [3.8, 4) is 0 Å². The number of hydroxylamine groups is 1. The highest BCUT2D eigenvalue weighted by atomic mass is 35.5. The largest absolute Gasteiger partial charge is 0.413 e. The van der Waals surface area contributed by atoms with Crippen LogP contribution in [0.3, 0.4) is 0 Å². The highest BCUT2D eigenvalue weighted by molar-refractivity contribution is 6.31. The van der Waals surface area contributed by atoms with Gasteiger partial charge >= 0.3 is 0 Å². The van der Waals surface area contributed by atoms with Crippen molar-refractivity contribution in [3.63, 3.8) is 0 Å². The van der Waals surface area contributed by atoms with Crippen molar-refractivity contribution < 1.29 is 9.23 Å². The maximum atomic E-state index is 13.0. The van der Waals surface area contributed by atoms with Gasteiger partial charge in [0.1, 0.15) is 11.9 Å². The van der Waals surface area contributed by atoms with E-state index in [0.717, 1.165) is 12.8 Å². The first-order valence-electron chi connectivity index (χ1n) is 4.88. The number of halogens is 2. The van der Waals surface area contributed by atoms with E-state index < -0.39 is 6.17 Å². The molecule has 2 rings (SSSR count). The fourth-order valence-electron chi connectivity index (χ4n) is 1.44. The van der Waals surface area contributed by atoms with Gasteiger partial charge in [-0.1, -0.05) is 18.0 Å². The summed E-state index contributed by atoms with van der Waals surface area (Å²) in [4.78, 5) is 5.27. The predicted molar refractivity (Wildman–Crippen MR) is 53.4 cm³/mol. The zero-order chi connectivity index (χ0) is 9.97. The molecule has 78 valence electrons. The van der Waals surface area contributed by atoms with Crippen LogP contribution < -0.4 is 5.48 Å². The third-order valence-corrected chi connectivity index (χ3v) is 2.73. The van der Waals surface area contributed by atoms with Gasteiger partial charge in [-0.25, -0.2) is 4.39 Å². The van der Waals surface area contributed by atoms with Gasteiger partial charge in [0, 0.05) is 17.5 Å². The Bertz CT molecular complexity index is 273. The minimum atomic E-state index is -1.02. The third-order valence-electron chi connectivity index (χ3n) is 2.50. The molecule has 4 heteroatoms. The lowest BCUT2D eigenvalue weighted by Crippen LogP contribution is -2.35. The van der Waals surface area contributed by atoms with Crippen molar-refractivity contribution in [2.24, 2.45) is 0 Å². The molecule has 1 fully saturated rings. The van der Waals surface area contributed by atoms with Crippen LogP contribution >= 0.6 is 11.6 Å². The number of alkyl halides is 1. The van der Waals surface area contributed by atoms with E-state index in [1.165, 1.54) is 12.5 Å². The SMILES string of the molecule is FC1C=C(Cl)C=C(ONC2CCC2)C1. The van der Waals surface area contributed by atoms with Gasteiger partial charge in [-0.2, -0.15) is 5.48 Å². The molecule has 1 saturated carbocycles. The minimum absolute atomic E-state index is 0.274. The average Bonchev–Trinajstić information content (AvgIpc) is 1.99. The maximum Gasteiger partial charge on any atom is 0.128 e. The van der Waals surface area contributed by atoms with Crippen LogP contribution in [0.1, 0.15) is 25.7 Å². The zero-order valence-corrected chi connectivity index (χ0v) is 8.56. The van der Waals surface area contributed by atoms with Gasteiger partial charge in [0.25, 0.3) is 0 Å². The Hall–Kier alpha value is -0.540. The van der Waals surface area contributed by atoms with Gasteiger partial charge in [0.2, 0.25) is 0 Å². The van der Waals surface area contributed by atoms with Gasteiger partial charge in [0.15, 0.2) is 0 Å². The molecule has 0 aromatic rings. The van der Waals surface area contributed by atoms with Crippen LogP contribution in [-0.2, 0) is 4.84 Å². The van der Waals surface area contributed by atoms with Gasteiger partial charge < -0.3 is 4.84 Å². The zero-order valence-electron chi connectivity index (χ0n) is 7.80. The van der Waals surface area contributed by atoms with Crippen LogP contribution in [0.2, 0.25) is 0 Å². The molecule has 0 aromatic carbocycles. The molecular weight excluding hydrogens is 205 g/mol. The van der Waals surface area contributed by atoms with Crippen LogP contribution in [0, 0.1) is 0 Å². The van der Waals surface area contributed by atoms with Crippen LogP contribution in [-0.4, -0.2) is 12.2 Å². The fraction of sp³-hybridized carbons (Fsp3) is 0.600. The van der Waals surface area contributed by atoms with Crippen molar-refractivity contribution in [3.05, 3.63) is 22.9 Å². The Morgan fingerprint density at radius 1 is 1.50 bits per heavy atom. The lowest BCUT2D eigenvalue weighted by atomic mass is 9.94. The van der Waals surface area contributed by atoms with E-state index in [9.17, 15) is 4.39 Å². The van der Waals surface area contributed by atoms with E-state index in [1.807, 2.05) is 0 Å². The van der Waals surface area contributed by atoms with Crippen molar-refractivity contribution in [2.75, 3.05) is 0 Å². The van der Waals surface area contributed by atoms with E-state index in [-0.39, 0.29) is 6.42 Å². The van der Waals surface area contributed by atoms with Crippen molar-refractivity contribution in [2.45, 2.75) is 37.9 Å². The smallest absolute Gasteiger partial charge is 0.128 e. The van der Waals surface area contributed by atoms with Gasteiger partial charge in [-0.05, 0) is 25.0 Å². The quantitative estimate of drug-likeness (QED) is 0.734. The monoisotopic (exact) mass is 217 g/mol. The summed E-state index contributed by atoms with van der Waals surface area (Å²) < 4.78 is 13.0. The molecule has 0 heterocycles. The standard InChI is InChI=1S/C10H13ClFNO/c11-7-4-8(12)6-10(5-7)14-13-9-2-1-3-9/h4-5,8-9,13H,1-3,6H2. The normalized spacial score (nSPS) is 27.7. The minimum Gasteiger partial charge on any atom is -0.413 e. The van der Waals surface area contributed by atoms with E-state index in [1.54, 1.807) is 6.08 Å². The van der Waals surface area contributed by atoms with E-state index in [2.05, 4.69) is 5.48 Å². The van der Waals surface area contributed by atoms with Crippen molar-refractivity contribution >= 4 is 11.6 Å². The summed E-state index contributed by atoms with van der Waals surface area (Å²) in [7, 11) is 0. The van der Waals surface area contributed by atoms with Gasteiger partial charge in [-0.15, -0.1) is 0 Å². The summed E-state index contributed by atoms with van der Waals surface area (Å²) >= 11 is 5.71. The molecule has 2 aliphatic carbocycles. The summed E-state index contributed by atoms with van der Waals surface area (Å²) in [5, 5.41) is 0.411. The summed E-state index contributed by atoms with van der Waals surface area (Å²) in [6, 6.07) is 0.429. The Balaban J connectivity index is 1.82. The molecule has 0 aliphatic heterocycles. The van der Waals surface area contributed by atoms with E-state index in [0.29, 0.717) is 16.8 Å². The highest BCUT2D eigenvalue weighted by Gasteiger charge is 2.20. The summed E-state index contributed by atoms with van der Waals surface area (Å²) in [5.41, 5.74) is 2.91. The molecule has 0 bridgehead atoms. The average molecular weight is 218 g/mol. The molecule has 0 radical (unpaired) electrons. The lowest BCUT2D eigenvalue weighted by Gasteiger charge is -2.27. The maximum absolute atomic E-state index is 13.0. The molecule has 0 saturated heterocycles. The van der Waals surface area contributed by atoms with E-state index in [4.69, 9.17) is 16.4 Å². The number of hydrogen-bond donors (Lipinski definition) is 1. The Morgan fingerprint density at radius 2 is 2.29 bits per heavy atom. The number of nitrogens with one attached hydrogen (secondary N) is 1. The molecule has 0 amide bonds. The van der Waals surface area contributed by atoms with Gasteiger partial charge in [-0.3, -0.25) is 0 Å². The molecule has 1 unspecified atom stereocenters. The molecule has 0 aromatic heterocycles. The van der Waals surface area contributed by atoms with E-state index >= 15 is 0 Å². The first-order chi connectivity index (χ1) is 6.74. The second kappa shape index (κ2) is 4.32. The fourth-order valence-corrected chi connectivity index (χ4v) is 1.70. The summed E-state index contributed by atoms with van der Waals surface area (Å²) in [6.07, 6.45) is 5.81. The van der Waals surface area contributed by atoms with Crippen molar-refractivity contribution in [1.29, 1.82) is 0 Å². The predicted octanol–water partition coefficient (Wildman–Crippen LogP) is 2.81. The Labute approximate surface area is 87.7 Å². The topological polar surface area (TPSA) is 21.3 Å². The molecule has 1 atom stereocenters. The molecule has 1 N–H and O–H groups in total. The van der Waals surface area contributed by atoms with Crippen molar-refractivity contribution in [1.82, 2.24) is 5.48 Å². The summed E-state index contributed by atoms with van der Waals surface area (Å²) in [6.45, 7) is 0. The summed E-state index contributed by atoms with van der Waals surface area (Å²) in [5.74, 6) is 0.580. The number of hydrogen-bond acceptors (Lipinski definition) is 2.